The second-order valence-corrected chi connectivity index (χ2v) is 5.01. The molecule has 0 saturated heterocycles. The van der Waals surface area contributed by atoms with Crippen LogP contribution in [0.3, 0.4) is 0 Å². The van der Waals surface area contributed by atoms with Crippen molar-refractivity contribution < 1.29 is 14.3 Å². The van der Waals surface area contributed by atoms with Crippen molar-refractivity contribution in [3.05, 3.63) is 65.7 Å². The largest absolute Gasteiger partial charge is 0.491 e. The maximum atomic E-state index is 12.4. The molecule has 2 aromatic carbocycles. The summed E-state index contributed by atoms with van der Waals surface area (Å²) < 4.78 is 10.4. The lowest BCUT2D eigenvalue weighted by molar-refractivity contribution is 0.0785. The molecule has 0 atom stereocenters. The summed E-state index contributed by atoms with van der Waals surface area (Å²) >= 11 is 0. The number of carbonyl (C=O) groups is 1. The summed E-state index contributed by atoms with van der Waals surface area (Å²) in [6.07, 6.45) is 0. The molecule has 0 aliphatic heterocycles. The summed E-state index contributed by atoms with van der Waals surface area (Å²) in [7, 11) is 3.44. The van der Waals surface area contributed by atoms with Gasteiger partial charge >= 0.3 is 0 Å². The fraction of sp³-hybridized carbons (Fsp3) is 0.278. The van der Waals surface area contributed by atoms with E-state index >= 15 is 0 Å². The predicted octanol–water partition coefficient (Wildman–Crippen LogP) is 2.98. The molecular weight excluding hydrogens is 278 g/mol. The topological polar surface area (TPSA) is 38.8 Å². The molecule has 0 heterocycles. The first-order chi connectivity index (χ1) is 10.7. The van der Waals surface area contributed by atoms with Crippen molar-refractivity contribution >= 4 is 5.91 Å². The molecule has 2 aromatic rings. The van der Waals surface area contributed by atoms with E-state index in [0.717, 1.165) is 11.3 Å². The quantitative estimate of drug-likeness (QED) is 0.738. The number of benzene rings is 2. The molecule has 0 radical (unpaired) electrons. The number of hydrogen-bond acceptors (Lipinski definition) is 3. The highest BCUT2D eigenvalue weighted by Crippen LogP contribution is 2.14. The van der Waals surface area contributed by atoms with E-state index in [-0.39, 0.29) is 5.91 Å². The Morgan fingerprint density at radius 3 is 2.32 bits per heavy atom. The first-order valence-corrected chi connectivity index (χ1v) is 7.22. The van der Waals surface area contributed by atoms with Crippen LogP contribution in [0, 0.1) is 0 Å². The van der Waals surface area contributed by atoms with Crippen LogP contribution in [0.1, 0.15) is 15.9 Å². The maximum Gasteiger partial charge on any atom is 0.253 e. The Morgan fingerprint density at radius 1 is 1.00 bits per heavy atom. The number of methoxy groups -OCH3 is 1. The molecule has 4 nitrogen and oxygen atoms in total. The molecule has 22 heavy (non-hydrogen) atoms. The number of nitrogens with zero attached hydrogens (tertiary/aromatic N) is 1. The van der Waals surface area contributed by atoms with Gasteiger partial charge in [0.25, 0.3) is 5.91 Å². The van der Waals surface area contributed by atoms with Crippen molar-refractivity contribution in [3.63, 3.8) is 0 Å². The average molecular weight is 299 g/mol. The van der Waals surface area contributed by atoms with Crippen LogP contribution in [-0.2, 0) is 11.3 Å². The van der Waals surface area contributed by atoms with Crippen molar-refractivity contribution in [2.24, 2.45) is 0 Å². The number of rotatable bonds is 7. The Balaban J connectivity index is 1.94. The van der Waals surface area contributed by atoms with Crippen molar-refractivity contribution in [2.45, 2.75) is 6.54 Å². The zero-order valence-electron chi connectivity index (χ0n) is 13.0. The van der Waals surface area contributed by atoms with Gasteiger partial charge in [0.05, 0.1) is 6.61 Å². The molecule has 0 unspecified atom stereocenters. The molecule has 0 fully saturated rings. The van der Waals surface area contributed by atoms with E-state index in [1.54, 1.807) is 43.3 Å². The molecular formula is C18H21NO3. The van der Waals surface area contributed by atoms with Crippen molar-refractivity contribution in [3.8, 4) is 5.75 Å². The third kappa shape index (κ3) is 4.60. The smallest absolute Gasteiger partial charge is 0.253 e. The van der Waals surface area contributed by atoms with Gasteiger partial charge in [-0.05, 0) is 29.8 Å². The lowest BCUT2D eigenvalue weighted by Gasteiger charge is -2.17. The highest BCUT2D eigenvalue weighted by Gasteiger charge is 2.11. The Hall–Kier alpha value is -2.33. The van der Waals surface area contributed by atoms with Crippen LogP contribution in [-0.4, -0.2) is 38.2 Å². The van der Waals surface area contributed by atoms with Crippen molar-refractivity contribution in [2.75, 3.05) is 27.4 Å². The predicted molar refractivity (Wildman–Crippen MR) is 86.1 cm³/mol. The van der Waals surface area contributed by atoms with E-state index in [4.69, 9.17) is 9.47 Å². The van der Waals surface area contributed by atoms with Crippen LogP contribution in [0.4, 0.5) is 0 Å². The molecule has 4 heteroatoms. The maximum absolute atomic E-state index is 12.4. The summed E-state index contributed by atoms with van der Waals surface area (Å²) in [4.78, 5) is 14.1. The SMILES string of the molecule is COCCOc1ccc(C(=O)N(C)Cc2ccccc2)cc1. The first-order valence-electron chi connectivity index (χ1n) is 7.22. The molecule has 0 N–H and O–H groups in total. The Labute approximate surface area is 131 Å². The minimum absolute atomic E-state index is 0.00713. The van der Waals surface area contributed by atoms with Gasteiger partial charge in [0.15, 0.2) is 0 Å². The number of ether oxygens (including phenoxy) is 2. The average Bonchev–Trinajstić information content (AvgIpc) is 2.56. The van der Waals surface area contributed by atoms with Crippen LogP contribution < -0.4 is 4.74 Å². The third-order valence-corrected chi connectivity index (χ3v) is 3.27. The van der Waals surface area contributed by atoms with Gasteiger partial charge in [-0.3, -0.25) is 4.79 Å². The zero-order chi connectivity index (χ0) is 15.8. The van der Waals surface area contributed by atoms with E-state index in [1.807, 2.05) is 30.3 Å². The van der Waals surface area contributed by atoms with Crippen LogP contribution in [0.5, 0.6) is 5.75 Å². The van der Waals surface area contributed by atoms with Crippen molar-refractivity contribution in [1.29, 1.82) is 0 Å². The molecule has 1 amide bonds. The molecule has 0 aromatic heterocycles. The second-order valence-electron chi connectivity index (χ2n) is 5.01. The van der Waals surface area contributed by atoms with Crippen LogP contribution in [0.25, 0.3) is 0 Å². The van der Waals surface area contributed by atoms with Crippen LogP contribution in [0.15, 0.2) is 54.6 Å². The van der Waals surface area contributed by atoms with Gasteiger partial charge < -0.3 is 14.4 Å². The Morgan fingerprint density at radius 2 is 1.68 bits per heavy atom. The standard InChI is InChI=1S/C18H21NO3/c1-19(14-15-6-4-3-5-7-15)18(20)16-8-10-17(11-9-16)22-13-12-21-2/h3-11H,12-14H2,1-2H3. The van der Waals surface area contributed by atoms with Crippen LogP contribution >= 0.6 is 0 Å². The van der Waals surface area contributed by atoms with Gasteiger partial charge in [-0.15, -0.1) is 0 Å². The molecule has 0 saturated carbocycles. The van der Waals surface area contributed by atoms with Crippen molar-refractivity contribution in [1.82, 2.24) is 4.90 Å². The van der Waals surface area contributed by atoms with E-state index in [9.17, 15) is 4.79 Å². The van der Waals surface area contributed by atoms with E-state index in [1.165, 1.54) is 0 Å². The van der Waals surface area contributed by atoms with Crippen LogP contribution in [0.2, 0.25) is 0 Å². The van der Waals surface area contributed by atoms with E-state index < -0.39 is 0 Å². The highest BCUT2D eigenvalue weighted by molar-refractivity contribution is 5.94. The minimum atomic E-state index is -0.00713. The minimum Gasteiger partial charge on any atom is -0.491 e. The molecule has 0 aliphatic carbocycles. The summed E-state index contributed by atoms with van der Waals surface area (Å²) in [5, 5.41) is 0. The third-order valence-electron chi connectivity index (χ3n) is 3.27. The summed E-state index contributed by atoms with van der Waals surface area (Å²) in [6, 6.07) is 17.1. The summed E-state index contributed by atoms with van der Waals surface area (Å²) in [6.45, 7) is 1.63. The molecule has 2 rings (SSSR count). The van der Waals surface area contributed by atoms with Gasteiger partial charge in [-0.25, -0.2) is 0 Å². The monoisotopic (exact) mass is 299 g/mol. The number of amides is 1. The van der Waals surface area contributed by atoms with E-state index in [2.05, 4.69) is 0 Å². The van der Waals surface area contributed by atoms with E-state index in [0.29, 0.717) is 25.3 Å². The Bertz CT molecular complexity index is 581. The summed E-state index contributed by atoms with van der Waals surface area (Å²) in [5.41, 5.74) is 1.76. The van der Waals surface area contributed by atoms with Gasteiger partial charge in [-0.2, -0.15) is 0 Å². The van der Waals surface area contributed by atoms with Gasteiger partial charge in [0.2, 0.25) is 0 Å². The number of carbonyl (C=O) groups excluding carboxylic acids is 1. The Kier molecular flexibility index (Phi) is 5.98. The van der Waals surface area contributed by atoms with Gasteiger partial charge in [-0.1, -0.05) is 30.3 Å². The van der Waals surface area contributed by atoms with Gasteiger partial charge in [0.1, 0.15) is 12.4 Å². The fourth-order valence-electron chi connectivity index (χ4n) is 2.09. The molecule has 0 bridgehead atoms. The molecule has 0 spiro atoms. The normalized spacial score (nSPS) is 10.3. The molecule has 116 valence electrons. The fourth-order valence-corrected chi connectivity index (χ4v) is 2.09. The summed E-state index contributed by atoms with van der Waals surface area (Å²) in [5.74, 6) is 0.728. The lowest BCUT2D eigenvalue weighted by atomic mass is 10.1. The first kappa shape index (κ1) is 16.0. The van der Waals surface area contributed by atoms with Gasteiger partial charge in [0, 0.05) is 26.3 Å². The number of hydrogen-bond donors (Lipinski definition) is 0. The molecule has 0 aliphatic rings. The second kappa shape index (κ2) is 8.20. The lowest BCUT2D eigenvalue weighted by Crippen LogP contribution is -2.26. The zero-order valence-corrected chi connectivity index (χ0v) is 13.0. The highest BCUT2D eigenvalue weighted by atomic mass is 16.5.